The molecule has 0 unspecified atom stereocenters. The number of methoxy groups -OCH3 is 1. The molecule has 7 nitrogen and oxygen atoms in total. The Morgan fingerprint density at radius 2 is 2.25 bits per heavy atom. The highest BCUT2D eigenvalue weighted by atomic mass is 32.2. The number of ether oxygens (including phenoxy) is 2. The van der Waals surface area contributed by atoms with Gasteiger partial charge in [0.05, 0.1) is 18.5 Å². The van der Waals surface area contributed by atoms with Crippen molar-refractivity contribution in [2.75, 3.05) is 20.3 Å². The lowest BCUT2D eigenvalue weighted by molar-refractivity contribution is -0.120. The maximum absolute atomic E-state index is 12.4. The molecule has 28 heavy (non-hydrogen) atoms. The topological polar surface area (TPSA) is 78.3 Å². The monoisotopic (exact) mass is 402 g/mol. The summed E-state index contributed by atoms with van der Waals surface area (Å²) in [5.74, 6) is 1.49. The van der Waals surface area contributed by atoms with Crippen molar-refractivity contribution in [3.8, 4) is 17.1 Å². The third-order valence-corrected chi connectivity index (χ3v) is 5.64. The van der Waals surface area contributed by atoms with E-state index in [1.165, 1.54) is 11.8 Å². The van der Waals surface area contributed by atoms with Crippen LogP contribution < -0.4 is 10.1 Å². The van der Waals surface area contributed by atoms with Gasteiger partial charge >= 0.3 is 0 Å². The van der Waals surface area contributed by atoms with Gasteiger partial charge in [-0.2, -0.15) is 0 Å². The Bertz CT molecular complexity index is 800. The molecule has 1 N–H and O–H groups in total. The van der Waals surface area contributed by atoms with Crippen molar-refractivity contribution < 1.29 is 14.3 Å². The van der Waals surface area contributed by atoms with E-state index >= 15 is 0 Å². The van der Waals surface area contributed by atoms with Gasteiger partial charge in [0.1, 0.15) is 5.75 Å². The molecular weight excluding hydrogens is 376 g/mol. The predicted molar refractivity (Wildman–Crippen MR) is 110 cm³/mol. The number of hydrogen-bond donors (Lipinski definition) is 1. The molecule has 0 aliphatic carbocycles. The fourth-order valence-electron chi connectivity index (χ4n) is 3.00. The number of allylic oxidation sites excluding steroid dienone is 1. The van der Waals surface area contributed by atoms with Gasteiger partial charge < -0.3 is 14.8 Å². The molecule has 0 spiro atoms. The fraction of sp³-hybridized carbons (Fsp3) is 0.450. The summed E-state index contributed by atoms with van der Waals surface area (Å²) in [6, 6.07) is 7.65. The van der Waals surface area contributed by atoms with Crippen LogP contribution in [0.4, 0.5) is 0 Å². The molecule has 0 radical (unpaired) electrons. The Morgan fingerprint density at radius 1 is 1.46 bits per heavy atom. The number of nitrogens with zero attached hydrogens (tertiary/aromatic N) is 3. The highest BCUT2D eigenvalue weighted by Gasteiger charge is 2.22. The Morgan fingerprint density at radius 3 is 2.89 bits per heavy atom. The molecule has 2 atom stereocenters. The van der Waals surface area contributed by atoms with Gasteiger partial charge in [0.15, 0.2) is 11.0 Å². The van der Waals surface area contributed by atoms with Crippen LogP contribution in [0.1, 0.15) is 19.8 Å². The summed E-state index contributed by atoms with van der Waals surface area (Å²) in [6.07, 6.45) is 3.99. The van der Waals surface area contributed by atoms with E-state index in [0.29, 0.717) is 18.2 Å². The molecule has 150 valence electrons. The van der Waals surface area contributed by atoms with Crippen LogP contribution in [0.2, 0.25) is 0 Å². The van der Waals surface area contributed by atoms with E-state index in [-0.39, 0.29) is 17.3 Å². The smallest absolute Gasteiger partial charge is 0.233 e. The van der Waals surface area contributed by atoms with Crippen molar-refractivity contribution in [3.63, 3.8) is 0 Å². The van der Waals surface area contributed by atoms with Crippen molar-refractivity contribution in [3.05, 3.63) is 36.9 Å². The van der Waals surface area contributed by atoms with Crippen molar-refractivity contribution >= 4 is 17.7 Å². The summed E-state index contributed by atoms with van der Waals surface area (Å²) < 4.78 is 12.7. The van der Waals surface area contributed by atoms with Crippen LogP contribution in [0.15, 0.2) is 42.1 Å². The first-order valence-corrected chi connectivity index (χ1v) is 10.2. The lowest BCUT2D eigenvalue weighted by Gasteiger charge is -2.15. The summed E-state index contributed by atoms with van der Waals surface area (Å²) >= 11 is 1.39. The van der Waals surface area contributed by atoms with E-state index in [9.17, 15) is 4.79 Å². The standard InChI is InChI=1S/C20H26N4O3S/c1-4-11-24-18(15-7-9-16(26-3)10-8-15)22-23-20(24)28-14(2)19(25)21-13-17-6-5-12-27-17/h4,7-10,14,17H,1,5-6,11-13H2,2-3H3,(H,21,25)/t14-,17-/m1/s1. The van der Waals surface area contributed by atoms with E-state index in [4.69, 9.17) is 9.47 Å². The van der Waals surface area contributed by atoms with Gasteiger partial charge in [-0.15, -0.1) is 16.8 Å². The number of rotatable bonds is 9. The van der Waals surface area contributed by atoms with Crippen molar-refractivity contribution in [2.45, 2.75) is 42.8 Å². The Hall–Kier alpha value is -2.32. The van der Waals surface area contributed by atoms with Gasteiger partial charge in [0.25, 0.3) is 0 Å². The van der Waals surface area contributed by atoms with E-state index < -0.39 is 0 Å². The van der Waals surface area contributed by atoms with Crippen LogP contribution in [0.3, 0.4) is 0 Å². The average Bonchev–Trinajstić information content (AvgIpc) is 3.37. The van der Waals surface area contributed by atoms with Gasteiger partial charge in [-0.05, 0) is 44.0 Å². The minimum atomic E-state index is -0.294. The number of hydrogen-bond acceptors (Lipinski definition) is 6. The molecule has 0 bridgehead atoms. The normalized spacial score (nSPS) is 17.3. The zero-order chi connectivity index (χ0) is 19.9. The third-order valence-electron chi connectivity index (χ3n) is 4.56. The number of amides is 1. The van der Waals surface area contributed by atoms with Crippen LogP contribution in [-0.4, -0.2) is 52.3 Å². The summed E-state index contributed by atoms with van der Waals surface area (Å²) in [5.41, 5.74) is 0.928. The quantitative estimate of drug-likeness (QED) is 0.513. The minimum absolute atomic E-state index is 0.0281. The summed E-state index contributed by atoms with van der Waals surface area (Å²) in [5, 5.41) is 12.0. The van der Waals surface area contributed by atoms with Gasteiger partial charge in [-0.1, -0.05) is 17.8 Å². The number of benzene rings is 1. The fourth-order valence-corrected chi connectivity index (χ4v) is 3.88. The second kappa shape index (κ2) is 9.75. The molecule has 1 aliphatic rings. The zero-order valence-electron chi connectivity index (χ0n) is 16.3. The first-order chi connectivity index (χ1) is 13.6. The number of nitrogens with one attached hydrogen (secondary N) is 1. The van der Waals surface area contributed by atoms with Gasteiger partial charge in [-0.25, -0.2) is 0 Å². The molecule has 1 saturated heterocycles. The second-order valence-corrected chi connectivity index (χ2v) is 7.88. The minimum Gasteiger partial charge on any atom is -0.497 e. The molecule has 8 heteroatoms. The lowest BCUT2D eigenvalue weighted by atomic mass is 10.2. The Balaban J connectivity index is 1.69. The largest absolute Gasteiger partial charge is 0.497 e. The number of carbonyl (C=O) groups is 1. The van der Waals surface area contributed by atoms with Crippen LogP contribution in [0.5, 0.6) is 5.75 Å². The molecule has 2 aromatic rings. The highest BCUT2D eigenvalue weighted by Crippen LogP contribution is 2.28. The van der Waals surface area contributed by atoms with E-state index in [1.54, 1.807) is 13.2 Å². The predicted octanol–water partition coefficient (Wildman–Crippen LogP) is 2.92. The molecule has 1 amide bonds. The van der Waals surface area contributed by atoms with Crippen LogP contribution in [-0.2, 0) is 16.1 Å². The maximum atomic E-state index is 12.4. The molecule has 0 saturated carbocycles. The van der Waals surface area contributed by atoms with Gasteiger partial charge in [-0.3, -0.25) is 9.36 Å². The number of carbonyl (C=O) groups excluding carboxylic acids is 1. The number of aromatic nitrogens is 3. The van der Waals surface area contributed by atoms with Crippen LogP contribution in [0.25, 0.3) is 11.4 Å². The summed E-state index contributed by atoms with van der Waals surface area (Å²) in [7, 11) is 1.63. The van der Waals surface area contributed by atoms with E-state index in [2.05, 4.69) is 22.1 Å². The summed E-state index contributed by atoms with van der Waals surface area (Å²) in [4.78, 5) is 12.4. The molecular formula is C20H26N4O3S. The van der Waals surface area contributed by atoms with Crippen molar-refractivity contribution in [2.24, 2.45) is 0 Å². The SMILES string of the molecule is C=CCn1c(S[C@H](C)C(=O)NC[C@H]2CCCO2)nnc1-c1ccc(OC)cc1. The Kier molecular flexibility index (Phi) is 7.11. The molecule has 1 aromatic carbocycles. The molecule has 3 rings (SSSR count). The first kappa shape index (κ1) is 20.4. The van der Waals surface area contributed by atoms with Gasteiger partial charge in [0.2, 0.25) is 5.91 Å². The zero-order valence-corrected chi connectivity index (χ0v) is 17.1. The average molecular weight is 403 g/mol. The first-order valence-electron chi connectivity index (χ1n) is 9.37. The van der Waals surface area contributed by atoms with E-state index in [1.807, 2.05) is 35.8 Å². The van der Waals surface area contributed by atoms with Gasteiger partial charge in [0, 0.05) is 25.3 Å². The highest BCUT2D eigenvalue weighted by molar-refractivity contribution is 8.00. The van der Waals surface area contributed by atoms with Crippen LogP contribution in [0, 0.1) is 0 Å². The van der Waals surface area contributed by atoms with Crippen molar-refractivity contribution in [1.29, 1.82) is 0 Å². The molecule has 1 aromatic heterocycles. The molecule has 1 aliphatic heterocycles. The molecule has 1 fully saturated rings. The Labute approximate surface area is 169 Å². The third kappa shape index (κ3) is 4.94. The second-order valence-electron chi connectivity index (χ2n) is 6.57. The molecule has 2 heterocycles. The van der Waals surface area contributed by atoms with Crippen molar-refractivity contribution in [1.82, 2.24) is 20.1 Å². The number of thioether (sulfide) groups is 1. The van der Waals surface area contributed by atoms with Crippen LogP contribution >= 0.6 is 11.8 Å². The lowest BCUT2D eigenvalue weighted by Crippen LogP contribution is -2.36. The van der Waals surface area contributed by atoms with E-state index in [0.717, 1.165) is 36.6 Å². The maximum Gasteiger partial charge on any atom is 0.233 e. The summed E-state index contributed by atoms with van der Waals surface area (Å²) in [6.45, 7) is 7.59.